The monoisotopic (exact) mass is 614 g/mol. The summed E-state index contributed by atoms with van der Waals surface area (Å²) in [4.78, 5) is 48.9. The number of halogens is 6. The maximum Gasteiger partial charge on any atom is 0.490 e. The van der Waals surface area contributed by atoms with Crippen LogP contribution in [0.4, 0.5) is 37.7 Å². The summed E-state index contributed by atoms with van der Waals surface area (Å²) in [7, 11) is 3.27. The molecule has 0 spiro atoms. The molecule has 0 atom stereocenters. The van der Waals surface area contributed by atoms with Crippen molar-refractivity contribution < 1.29 is 50.6 Å². The Hall–Kier alpha value is -4.93. The Bertz CT molecular complexity index is 1530. The lowest BCUT2D eigenvalue weighted by atomic mass is 10.0. The van der Waals surface area contributed by atoms with Crippen LogP contribution in [0.3, 0.4) is 0 Å². The fraction of sp³-hybridized carbons (Fsp3) is 0.269. The number of primary amides is 1. The number of rotatable bonds is 6. The van der Waals surface area contributed by atoms with Gasteiger partial charge in [0.15, 0.2) is 5.69 Å². The Kier molecular flexibility index (Phi) is 9.49. The molecule has 2 aromatic carbocycles. The number of benzene rings is 2. The number of carboxylic acid groups (broad SMARTS) is 1. The molecule has 0 radical (unpaired) electrons. The highest BCUT2D eigenvalue weighted by atomic mass is 19.4. The van der Waals surface area contributed by atoms with Crippen molar-refractivity contribution in [2.75, 3.05) is 37.0 Å². The molecule has 43 heavy (non-hydrogen) atoms. The van der Waals surface area contributed by atoms with E-state index in [1.165, 1.54) is 34.1 Å². The molecule has 0 bridgehead atoms. The Labute approximate surface area is 239 Å². The minimum Gasteiger partial charge on any atom is -0.475 e. The summed E-state index contributed by atoms with van der Waals surface area (Å²) in [6.07, 6.45) is -9.93. The molecular weight excluding hydrogens is 590 g/mol. The van der Waals surface area contributed by atoms with E-state index < -0.39 is 35.8 Å². The third-order valence-electron chi connectivity index (χ3n) is 6.15. The number of alkyl halides is 6. The molecular formula is C26H24F6N6O5. The van der Waals surface area contributed by atoms with Crippen molar-refractivity contribution in [2.24, 2.45) is 5.73 Å². The maximum absolute atomic E-state index is 13.8. The molecule has 1 aliphatic rings. The number of fused-ring (bicyclic) bond motifs is 1. The highest BCUT2D eigenvalue weighted by Crippen LogP contribution is 2.37. The van der Waals surface area contributed by atoms with Gasteiger partial charge in [-0.3, -0.25) is 14.4 Å². The normalized spacial score (nSPS) is 13.1. The fourth-order valence-electron chi connectivity index (χ4n) is 4.08. The van der Waals surface area contributed by atoms with Crippen LogP contribution in [0.25, 0.3) is 5.69 Å². The van der Waals surface area contributed by atoms with Crippen LogP contribution in [-0.4, -0.2) is 71.9 Å². The first kappa shape index (κ1) is 32.6. The number of nitrogens with zero attached hydrogens (tertiary/aromatic N) is 4. The van der Waals surface area contributed by atoms with E-state index in [0.29, 0.717) is 11.4 Å². The van der Waals surface area contributed by atoms with Gasteiger partial charge < -0.3 is 26.0 Å². The molecule has 0 aliphatic carbocycles. The maximum atomic E-state index is 13.8. The first-order chi connectivity index (χ1) is 20.0. The van der Waals surface area contributed by atoms with Gasteiger partial charge in [-0.25, -0.2) is 9.48 Å². The van der Waals surface area contributed by atoms with Crippen molar-refractivity contribution >= 4 is 35.1 Å². The molecule has 0 unspecified atom stereocenters. The van der Waals surface area contributed by atoms with Crippen molar-refractivity contribution in [3.8, 4) is 5.69 Å². The number of hydrogen-bond donors (Lipinski definition) is 3. The van der Waals surface area contributed by atoms with Gasteiger partial charge in [-0.2, -0.15) is 31.4 Å². The molecule has 230 valence electrons. The fourth-order valence-corrected chi connectivity index (χ4v) is 4.08. The lowest BCUT2D eigenvalue weighted by molar-refractivity contribution is -0.192. The average molecular weight is 615 g/mol. The number of anilines is 2. The number of nitrogens with two attached hydrogens (primary N) is 1. The molecule has 0 fully saturated rings. The Morgan fingerprint density at radius 2 is 1.65 bits per heavy atom. The second-order valence-electron chi connectivity index (χ2n) is 9.01. The standard InChI is InChI=1S/C24H23F3N6O3.C2HF3O2/c1-29-13-19(34)31(2)15-6-8-16(9-7-15)32-11-10-18-20(23(32)36)33(30-21(18)24(25,26)27)17-5-3-4-14(12-17)22(28)35;3-2(4,5)1(6)7/h3-9,12,29H,10-11,13H2,1-2H3,(H2,28,35);(H,6,7). The number of carboxylic acids is 1. The highest BCUT2D eigenvalue weighted by molar-refractivity contribution is 6.08. The van der Waals surface area contributed by atoms with Gasteiger partial charge in [-0.05, 0) is 55.9 Å². The van der Waals surface area contributed by atoms with E-state index in [4.69, 9.17) is 15.6 Å². The Morgan fingerprint density at radius 3 is 2.16 bits per heavy atom. The van der Waals surface area contributed by atoms with E-state index >= 15 is 0 Å². The van der Waals surface area contributed by atoms with Gasteiger partial charge in [0, 0.05) is 36.1 Å². The Balaban J connectivity index is 0.000000646. The molecule has 3 amide bonds. The van der Waals surface area contributed by atoms with Gasteiger partial charge in [0.25, 0.3) is 5.91 Å². The van der Waals surface area contributed by atoms with Crippen LogP contribution >= 0.6 is 0 Å². The summed E-state index contributed by atoms with van der Waals surface area (Å²) >= 11 is 0. The minimum atomic E-state index is -5.08. The van der Waals surface area contributed by atoms with E-state index in [1.54, 1.807) is 38.4 Å². The van der Waals surface area contributed by atoms with E-state index in [2.05, 4.69) is 10.4 Å². The third kappa shape index (κ3) is 7.29. The summed E-state index contributed by atoms with van der Waals surface area (Å²) in [5, 5.41) is 13.6. The molecule has 0 saturated carbocycles. The first-order valence-electron chi connectivity index (χ1n) is 12.2. The second-order valence-corrected chi connectivity index (χ2v) is 9.01. The Morgan fingerprint density at radius 1 is 1.05 bits per heavy atom. The predicted octanol–water partition coefficient (Wildman–Crippen LogP) is 3.01. The second kappa shape index (κ2) is 12.5. The number of likely N-dealkylation sites (N-methyl/N-ethyl adjacent to an activating group) is 2. The zero-order chi connectivity index (χ0) is 32.3. The number of nitrogens with one attached hydrogen (secondary N) is 1. The number of hydrogen-bond acceptors (Lipinski definition) is 6. The molecule has 3 aromatic rings. The SMILES string of the molecule is CNCC(=O)N(C)c1ccc(N2CCc3c(C(F)(F)F)nn(-c4cccc(C(N)=O)c4)c3C2=O)cc1.O=C(O)C(F)(F)F. The molecule has 4 N–H and O–H groups in total. The van der Waals surface area contributed by atoms with Crippen LogP contribution in [0.15, 0.2) is 48.5 Å². The van der Waals surface area contributed by atoms with E-state index in [-0.39, 0.29) is 47.9 Å². The van der Waals surface area contributed by atoms with E-state index in [1.807, 2.05) is 0 Å². The van der Waals surface area contributed by atoms with Gasteiger partial charge in [0.05, 0.1) is 12.2 Å². The molecule has 0 saturated heterocycles. The van der Waals surface area contributed by atoms with Gasteiger partial charge in [0.1, 0.15) is 5.69 Å². The van der Waals surface area contributed by atoms with Crippen LogP contribution in [0, 0.1) is 0 Å². The largest absolute Gasteiger partial charge is 0.490 e. The lowest BCUT2D eigenvalue weighted by Gasteiger charge is -2.28. The van der Waals surface area contributed by atoms with Crippen LogP contribution in [0.1, 0.15) is 32.1 Å². The molecule has 1 aromatic heterocycles. The summed E-state index contributed by atoms with van der Waals surface area (Å²) in [6.45, 7) is 0.157. The van der Waals surface area contributed by atoms with Crippen LogP contribution < -0.4 is 20.9 Å². The topological polar surface area (TPSA) is 151 Å². The smallest absolute Gasteiger partial charge is 0.475 e. The number of amides is 3. The molecule has 2 heterocycles. The van der Waals surface area contributed by atoms with Crippen molar-refractivity contribution in [1.82, 2.24) is 15.1 Å². The summed E-state index contributed by atoms with van der Waals surface area (Å²) in [5.41, 5.74) is 4.95. The number of aliphatic carboxylic acids is 1. The molecule has 1 aliphatic heterocycles. The van der Waals surface area contributed by atoms with Crippen molar-refractivity contribution in [3.05, 3.63) is 71.0 Å². The zero-order valence-electron chi connectivity index (χ0n) is 22.5. The van der Waals surface area contributed by atoms with Crippen LogP contribution in [-0.2, 0) is 22.2 Å². The zero-order valence-corrected chi connectivity index (χ0v) is 22.5. The molecule has 11 nitrogen and oxygen atoms in total. The summed E-state index contributed by atoms with van der Waals surface area (Å²) in [6, 6.07) is 12.2. The highest BCUT2D eigenvalue weighted by Gasteiger charge is 2.43. The van der Waals surface area contributed by atoms with Gasteiger partial charge >= 0.3 is 18.3 Å². The van der Waals surface area contributed by atoms with Crippen LogP contribution in [0.5, 0.6) is 0 Å². The van der Waals surface area contributed by atoms with Gasteiger partial charge in [0.2, 0.25) is 11.8 Å². The van der Waals surface area contributed by atoms with Crippen molar-refractivity contribution in [3.63, 3.8) is 0 Å². The van der Waals surface area contributed by atoms with E-state index in [9.17, 15) is 40.7 Å². The summed E-state index contributed by atoms with van der Waals surface area (Å²) < 4.78 is 74.0. The van der Waals surface area contributed by atoms with E-state index in [0.717, 1.165) is 4.68 Å². The van der Waals surface area contributed by atoms with Gasteiger partial charge in [-0.15, -0.1) is 0 Å². The lowest BCUT2D eigenvalue weighted by Crippen LogP contribution is -2.39. The predicted molar refractivity (Wildman–Crippen MR) is 140 cm³/mol. The minimum absolute atomic E-state index is 0.00973. The molecule has 17 heteroatoms. The number of carbonyl (C=O) groups excluding carboxylic acids is 3. The summed E-state index contributed by atoms with van der Waals surface area (Å²) in [5.74, 6) is -4.35. The number of aromatic nitrogens is 2. The molecule has 4 rings (SSSR count). The van der Waals surface area contributed by atoms with Crippen molar-refractivity contribution in [2.45, 2.75) is 18.8 Å². The first-order valence-corrected chi connectivity index (χ1v) is 12.2. The van der Waals surface area contributed by atoms with Crippen LogP contribution in [0.2, 0.25) is 0 Å². The van der Waals surface area contributed by atoms with Crippen molar-refractivity contribution in [1.29, 1.82) is 0 Å². The quantitative estimate of drug-likeness (QED) is 0.361. The number of carbonyl (C=O) groups is 4. The third-order valence-corrected chi connectivity index (χ3v) is 6.15. The van der Waals surface area contributed by atoms with Gasteiger partial charge in [-0.1, -0.05) is 6.07 Å². The average Bonchev–Trinajstić information content (AvgIpc) is 3.34.